The van der Waals surface area contributed by atoms with Crippen LogP contribution in [0, 0.1) is 10.1 Å². The number of rotatable bonds is 5. The standard InChI is InChI=1S/C12H19N5O2S/c1-13-12-14-7-10(17(18)19)11(16-12)15-8-4-3-5-9(6-8)20-2/h7-9H,3-6H2,1-2H3,(H2,13,14,15,16). The Morgan fingerprint density at radius 3 is 2.95 bits per heavy atom. The molecule has 0 aromatic carbocycles. The number of aromatic nitrogens is 2. The minimum Gasteiger partial charge on any atom is -0.361 e. The van der Waals surface area contributed by atoms with Crippen molar-refractivity contribution in [2.45, 2.75) is 37.0 Å². The third kappa shape index (κ3) is 3.50. The average Bonchev–Trinajstić information content (AvgIpc) is 2.47. The largest absolute Gasteiger partial charge is 0.361 e. The van der Waals surface area contributed by atoms with Crippen LogP contribution in [0.25, 0.3) is 0 Å². The van der Waals surface area contributed by atoms with Gasteiger partial charge < -0.3 is 10.6 Å². The Morgan fingerprint density at radius 1 is 1.50 bits per heavy atom. The maximum Gasteiger partial charge on any atom is 0.329 e. The lowest BCUT2D eigenvalue weighted by Gasteiger charge is -2.28. The molecule has 1 aliphatic rings. The third-order valence-corrected chi connectivity index (χ3v) is 4.58. The molecule has 0 bridgehead atoms. The first-order chi connectivity index (χ1) is 9.63. The summed E-state index contributed by atoms with van der Waals surface area (Å²) in [4.78, 5) is 18.7. The van der Waals surface area contributed by atoms with Crippen LogP contribution in [-0.4, -0.2) is 39.5 Å². The zero-order valence-electron chi connectivity index (χ0n) is 11.6. The molecule has 0 saturated heterocycles. The van der Waals surface area contributed by atoms with Gasteiger partial charge in [0.05, 0.1) is 4.92 Å². The van der Waals surface area contributed by atoms with Gasteiger partial charge in [-0.1, -0.05) is 6.42 Å². The van der Waals surface area contributed by atoms with Crippen molar-refractivity contribution in [1.29, 1.82) is 0 Å². The second kappa shape index (κ2) is 6.74. The summed E-state index contributed by atoms with van der Waals surface area (Å²) in [6.45, 7) is 0. The molecule has 2 unspecified atom stereocenters. The van der Waals surface area contributed by atoms with Gasteiger partial charge in [0.2, 0.25) is 11.8 Å². The van der Waals surface area contributed by atoms with Crippen molar-refractivity contribution < 1.29 is 4.92 Å². The van der Waals surface area contributed by atoms with Gasteiger partial charge in [0.15, 0.2) is 0 Å². The lowest BCUT2D eigenvalue weighted by Crippen LogP contribution is -2.29. The van der Waals surface area contributed by atoms with Crippen LogP contribution in [-0.2, 0) is 0 Å². The van der Waals surface area contributed by atoms with Crippen molar-refractivity contribution in [3.05, 3.63) is 16.3 Å². The molecule has 110 valence electrons. The zero-order chi connectivity index (χ0) is 14.5. The molecule has 20 heavy (non-hydrogen) atoms. The fraction of sp³-hybridized carbons (Fsp3) is 0.667. The molecule has 1 fully saturated rings. The second-order valence-electron chi connectivity index (χ2n) is 4.80. The summed E-state index contributed by atoms with van der Waals surface area (Å²) in [5.41, 5.74) is -0.0738. The molecule has 1 saturated carbocycles. The van der Waals surface area contributed by atoms with E-state index in [-0.39, 0.29) is 11.7 Å². The molecular weight excluding hydrogens is 278 g/mol. The molecule has 0 amide bonds. The summed E-state index contributed by atoms with van der Waals surface area (Å²) >= 11 is 1.86. The Bertz CT molecular complexity index is 485. The topological polar surface area (TPSA) is 93.0 Å². The summed E-state index contributed by atoms with van der Waals surface area (Å²) in [6, 6.07) is 0.236. The first-order valence-corrected chi connectivity index (χ1v) is 7.91. The van der Waals surface area contributed by atoms with Crippen LogP contribution in [0.4, 0.5) is 17.5 Å². The van der Waals surface area contributed by atoms with Gasteiger partial charge in [-0.15, -0.1) is 0 Å². The zero-order valence-corrected chi connectivity index (χ0v) is 12.4. The molecule has 2 N–H and O–H groups in total. The van der Waals surface area contributed by atoms with Crippen LogP contribution in [0.1, 0.15) is 25.7 Å². The van der Waals surface area contributed by atoms with Crippen LogP contribution < -0.4 is 10.6 Å². The Morgan fingerprint density at radius 2 is 2.30 bits per heavy atom. The average molecular weight is 297 g/mol. The van der Waals surface area contributed by atoms with Gasteiger partial charge in [-0.25, -0.2) is 4.98 Å². The Hall–Kier alpha value is -1.57. The molecule has 1 aromatic heterocycles. The van der Waals surface area contributed by atoms with Crippen molar-refractivity contribution in [1.82, 2.24) is 9.97 Å². The summed E-state index contributed by atoms with van der Waals surface area (Å²) in [7, 11) is 1.69. The van der Waals surface area contributed by atoms with Crippen LogP contribution in [0.5, 0.6) is 0 Å². The summed E-state index contributed by atoms with van der Waals surface area (Å²) in [5.74, 6) is 0.691. The molecule has 2 rings (SSSR count). The number of nitrogens with one attached hydrogen (secondary N) is 2. The first kappa shape index (κ1) is 14.8. The highest BCUT2D eigenvalue weighted by atomic mass is 32.2. The van der Waals surface area contributed by atoms with Crippen molar-refractivity contribution in [2.24, 2.45) is 0 Å². The summed E-state index contributed by atoms with van der Waals surface area (Å²) in [5, 5.41) is 17.7. The van der Waals surface area contributed by atoms with Crippen molar-refractivity contribution >= 4 is 29.2 Å². The summed E-state index contributed by atoms with van der Waals surface area (Å²) < 4.78 is 0. The highest BCUT2D eigenvalue weighted by Gasteiger charge is 2.25. The van der Waals surface area contributed by atoms with E-state index in [0.29, 0.717) is 17.0 Å². The molecular formula is C12H19N5O2S. The van der Waals surface area contributed by atoms with E-state index in [1.165, 1.54) is 12.6 Å². The summed E-state index contributed by atoms with van der Waals surface area (Å²) in [6.07, 6.45) is 7.74. The predicted molar refractivity (Wildman–Crippen MR) is 81.4 cm³/mol. The number of hydrogen-bond acceptors (Lipinski definition) is 7. The first-order valence-electron chi connectivity index (χ1n) is 6.62. The minimum absolute atomic E-state index is 0.0738. The molecule has 1 heterocycles. The van der Waals surface area contributed by atoms with E-state index in [1.54, 1.807) is 7.05 Å². The molecule has 0 aliphatic heterocycles. The van der Waals surface area contributed by atoms with Crippen LogP contribution >= 0.6 is 11.8 Å². The van der Waals surface area contributed by atoms with E-state index in [4.69, 9.17) is 0 Å². The fourth-order valence-corrected chi connectivity index (χ4v) is 3.25. The van der Waals surface area contributed by atoms with Crippen molar-refractivity contribution in [3.8, 4) is 0 Å². The molecule has 2 atom stereocenters. The number of hydrogen-bond donors (Lipinski definition) is 2. The van der Waals surface area contributed by atoms with Gasteiger partial charge in [-0.05, 0) is 25.5 Å². The van der Waals surface area contributed by atoms with Gasteiger partial charge >= 0.3 is 5.69 Å². The van der Waals surface area contributed by atoms with E-state index in [0.717, 1.165) is 19.3 Å². The minimum atomic E-state index is -0.448. The predicted octanol–water partition coefficient (Wildman–Crippen LogP) is 2.51. The number of nitrogens with zero attached hydrogens (tertiary/aromatic N) is 3. The smallest absolute Gasteiger partial charge is 0.329 e. The molecule has 1 aliphatic carbocycles. The van der Waals surface area contributed by atoms with Gasteiger partial charge in [-0.3, -0.25) is 10.1 Å². The third-order valence-electron chi connectivity index (χ3n) is 3.49. The van der Waals surface area contributed by atoms with Gasteiger partial charge in [0.25, 0.3) is 0 Å². The lowest BCUT2D eigenvalue weighted by molar-refractivity contribution is -0.384. The van der Waals surface area contributed by atoms with Crippen LogP contribution in [0.15, 0.2) is 6.20 Å². The molecule has 8 heteroatoms. The highest BCUT2D eigenvalue weighted by molar-refractivity contribution is 7.99. The molecule has 7 nitrogen and oxygen atoms in total. The van der Waals surface area contributed by atoms with E-state index in [9.17, 15) is 10.1 Å². The Balaban J connectivity index is 2.16. The second-order valence-corrected chi connectivity index (χ2v) is 5.94. The fourth-order valence-electron chi connectivity index (χ4n) is 2.42. The SMILES string of the molecule is CNc1ncc([N+](=O)[O-])c(NC2CCCC(SC)C2)n1. The van der Waals surface area contributed by atoms with Crippen molar-refractivity contribution in [2.75, 3.05) is 23.9 Å². The van der Waals surface area contributed by atoms with Gasteiger partial charge in [-0.2, -0.15) is 16.7 Å². The van der Waals surface area contributed by atoms with Gasteiger partial charge in [0.1, 0.15) is 6.20 Å². The molecule has 0 radical (unpaired) electrons. The van der Waals surface area contributed by atoms with Crippen molar-refractivity contribution in [3.63, 3.8) is 0 Å². The van der Waals surface area contributed by atoms with E-state index < -0.39 is 4.92 Å². The Labute approximate surface area is 122 Å². The Kier molecular flexibility index (Phi) is 4.99. The van der Waals surface area contributed by atoms with Crippen LogP contribution in [0.2, 0.25) is 0 Å². The lowest BCUT2D eigenvalue weighted by atomic mass is 9.95. The maximum absolute atomic E-state index is 11.0. The number of nitro groups is 1. The highest BCUT2D eigenvalue weighted by Crippen LogP contribution is 2.30. The van der Waals surface area contributed by atoms with Gasteiger partial charge in [0, 0.05) is 18.3 Å². The number of anilines is 2. The van der Waals surface area contributed by atoms with E-state index >= 15 is 0 Å². The number of thioether (sulfide) groups is 1. The maximum atomic E-state index is 11.0. The van der Waals surface area contributed by atoms with Crippen LogP contribution in [0.3, 0.4) is 0 Å². The monoisotopic (exact) mass is 297 g/mol. The normalized spacial score (nSPS) is 22.3. The molecule has 0 spiro atoms. The quantitative estimate of drug-likeness (QED) is 0.637. The van der Waals surface area contributed by atoms with E-state index in [1.807, 2.05) is 11.8 Å². The molecule has 1 aromatic rings. The van der Waals surface area contributed by atoms with E-state index in [2.05, 4.69) is 26.9 Å².